The summed E-state index contributed by atoms with van der Waals surface area (Å²) in [6, 6.07) is 5.16. The molecule has 0 aliphatic rings. The Balaban J connectivity index is 3.13. The van der Waals surface area contributed by atoms with Crippen LogP contribution in [0.4, 0.5) is 0 Å². The number of carbonyl (C=O) groups is 1. The SMILES string of the molecule is NCC#Cc1ccc(Br)c(C(N)=O)c1. The zero-order chi connectivity index (χ0) is 10.6. The smallest absolute Gasteiger partial charge is 0.249 e. The van der Waals surface area contributed by atoms with Crippen molar-refractivity contribution in [1.29, 1.82) is 0 Å². The predicted octanol–water partition coefficient (Wildman–Crippen LogP) is 0.858. The zero-order valence-electron chi connectivity index (χ0n) is 7.38. The third kappa shape index (κ3) is 2.59. The Hall–Kier alpha value is -1.31. The number of halogens is 1. The van der Waals surface area contributed by atoms with Gasteiger partial charge in [-0.3, -0.25) is 4.79 Å². The maximum absolute atomic E-state index is 11.0. The lowest BCUT2D eigenvalue weighted by atomic mass is 10.1. The van der Waals surface area contributed by atoms with Gasteiger partial charge in [0.1, 0.15) is 0 Å². The van der Waals surface area contributed by atoms with Crippen LogP contribution in [0.2, 0.25) is 0 Å². The highest BCUT2D eigenvalue weighted by molar-refractivity contribution is 9.10. The monoisotopic (exact) mass is 252 g/mol. The molecule has 0 aromatic heterocycles. The zero-order valence-corrected chi connectivity index (χ0v) is 8.97. The van der Waals surface area contributed by atoms with Crippen molar-refractivity contribution in [3.05, 3.63) is 33.8 Å². The second-order valence-electron chi connectivity index (χ2n) is 2.56. The molecule has 4 heteroatoms. The van der Waals surface area contributed by atoms with Gasteiger partial charge in [0.05, 0.1) is 12.1 Å². The lowest BCUT2D eigenvalue weighted by Crippen LogP contribution is -2.11. The number of hydrogen-bond donors (Lipinski definition) is 2. The lowest BCUT2D eigenvalue weighted by Gasteiger charge is -1.99. The van der Waals surface area contributed by atoms with Crippen LogP contribution in [0, 0.1) is 11.8 Å². The van der Waals surface area contributed by atoms with Gasteiger partial charge in [0.25, 0.3) is 0 Å². The van der Waals surface area contributed by atoms with Crippen molar-refractivity contribution < 1.29 is 4.79 Å². The van der Waals surface area contributed by atoms with Crippen molar-refractivity contribution in [2.45, 2.75) is 0 Å². The van der Waals surface area contributed by atoms with E-state index in [-0.39, 0.29) is 0 Å². The van der Waals surface area contributed by atoms with Crippen LogP contribution in [-0.4, -0.2) is 12.5 Å². The molecule has 3 nitrogen and oxygen atoms in total. The number of benzene rings is 1. The van der Waals surface area contributed by atoms with E-state index in [1.165, 1.54) is 0 Å². The van der Waals surface area contributed by atoms with Crippen molar-refractivity contribution in [2.24, 2.45) is 11.5 Å². The molecule has 0 aliphatic carbocycles. The molecule has 0 fully saturated rings. The summed E-state index contributed by atoms with van der Waals surface area (Å²) in [5.74, 6) is 5.05. The molecule has 1 rings (SSSR count). The molecule has 4 N–H and O–H groups in total. The van der Waals surface area contributed by atoms with Crippen LogP contribution >= 0.6 is 15.9 Å². The first-order chi connectivity index (χ1) is 6.65. The van der Waals surface area contributed by atoms with Gasteiger partial charge in [0.15, 0.2) is 0 Å². The Kier molecular flexibility index (Phi) is 3.69. The molecule has 0 unspecified atom stereocenters. The van der Waals surface area contributed by atoms with Crippen molar-refractivity contribution >= 4 is 21.8 Å². The Morgan fingerprint density at radius 3 is 2.79 bits per heavy atom. The second kappa shape index (κ2) is 4.80. The molecule has 14 heavy (non-hydrogen) atoms. The number of nitrogens with two attached hydrogens (primary N) is 2. The molecule has 0 atom stereocenters. The number of rotatable bonds is 1. The maximum atomic E-state index is 11.0. The summed E-state index contributed by atoms with van der Waals surface area (Å²) in [5, 5.41) is 0. The highest BCUT2D eigenvalue weighted by Gasteiger charge is 2.05. The third-order valence-corrected chi connectivity index (χ3v) is 2.26. The molecule has 72 valence electrons. The quantitative estimate of drug-likeness (QED) is 0.729. The maximum Gasteiger partial charge on any atom is 0.249 e. The van der Waals surface area contributed by atoms with E-state index in [9.17, 15) is 4.79 Å². The highest BCUT2D eigenvalue weighted by Crippen LogP contribution is 2.17. The van der Waals surface area contributed by atoms with E-state index in [0.29, 0.717) is 16.6 Å². The van der Waals surface area contributed by atoms with Gasteiger partial charge < -0.3 is 11.5 Å². The standard InChI is InChI=1S/C10H9BrN2O/c11-9-4-3-7(2-1-5-12)6-8(9)10(13)14/h3-4,6H,5,12H2,(H2,13,14). The molecular weight excluding hydrogens is 244 g/mol. The summed E-state index contributed by atoms with van der Waals surface area (Å²) in [4.78, 5) is 11.0. The highest BCUT2D eigenvalue weighted by atomic mass is 79.9. The number of hydrogen-bond acceptors (Lipinski definition) is 2. The van der Waals surface area contributed by atoms with Crippen molar-refractivity contribution in [3.63, 3.8) is 0 Å². The Labute approximate surface area is 90.6 Å². The first kappa shape index (κ1) is 10.8. The molecule has 0 bridgehead atoms. The van der Waals surface area contributed by atoms with Crippen molar-refractivity contribution in [3.8, 4) is 11.8 Å². The minimum atomic E-state index is -0.478. The van der Waals surface area contributed by atoms with Crippen LogP contribution < -0.4 is 11.5 Å². The first-order valence-corrected chi connectivity index (χ1v) is 4.72. The lowest BCUT2D eigenvalue weighted by molar-refractivity contribution is 0.0999. The number of carbonyl (C=O) groups excluding carboxylic acids is 1. The third-order valence-electron chi connectivity index (χ3n) is 1.57. The minimum Gasteiger partial charge on any atom is -0.366 e. The van der Waals surface area contributed by atoms with Crippen LogP contribution in [0.3, 0.4) is 0 Å². The van der Waals surface area contributed by atoms with Crippen LogP contribution in [0.1, 0.15) is 15.9 Å². The van der Waals surface area contributed by atoms with Crippen LogP contribution in [0.5, 0.6) is 0 Å². The Bertz CT molecular complexity index is 418. The molecular formula is C10H9BrN2O. The van der Waals surface area contributed by atoms with E-state index >= 15 is 0 Å². The summed E-state index contributed by atoms with van der Waals surface area (Å²) in [7, 11) is 0. The molecule has 0 heterocycles. The van der Waals surface area contributed by atoms with Gasteiger partial charge in [-0.2, -0.15) is 0 Å². The Morgan fingerprint density at radius 1 is 1.50 bits per heavy atom. The summed E-state index contributed by atoms with van der Waals surface area (Å²) in [6.45, 7) is 0.294. The van der Waals surface area contributed by atoms with Gasteiger partial charge in [-0.1, -0.05) is 11.8 Å². The topological polar surface area (TPSA) is 69.1 Å². The van der Waals surface area contributed by atoms with Gasteiger partial charge >= 0.3 is 0 Å². The molecule has 1 aromatic carbocycles. The van der Waals surface area contributed by atoms with E-state index in [1.807, 2.05) is 0 Å². The molecule has 0 saturated heterocycles. The fraction of sp³-hybridized carbons (Fsp3) is 0.100. The summed E-state index contributed by atoms with van der Waals surface area (Å²) in [6.07, 6.45) is 0. The summed E-state index contributed by atoms with van der Waals surface area (Å²) >= 11 is 3.23. The van der Waals surface area contributed by atoms with E-state index in [0.717, 1.165) is 5.56 Å². The minimum absolute atomic E-state index is 0.294. The second-order valence-corrected chi connectivity index (χ2v) is 3.42. The van der Waals surface area contributed by atoms with Crippen LogP contribution in [0.25, 0.3) is 0 Å². The first-order valence-electron chi connectivity index (χ1n) is 3.93. The fourth-order valence-corrected chi connectivity index (χ4v) is 1.39. The normalized spacial score (nSPS) is 9.00. The van der Waals surface area contributed by atoms with Gasteiger partial charge in [0.2, 0.25) is 5.91 Å². The van der Waals surface area contributed by atoms with Gasteiger partial charge in [-0.25, -0.2) is 0 Å². The molecule has 0 spiro atoms. The average Bonchev–Trinajstić information content (AvgIpc) is 2.16. The van der Waals surface area contributed by atoms with Crippen LogP contribution in [-0.2, 0) is 0 Å². The molecule has 1 amide bonds. The van der Waals surface area contributed by atoms with Gasteiger partial charge in [-0.05, 0) is 34.1 Å². The van der Waals surface area contributed by atoms with E-state index < -0.39 is 5.91 Å². The molecule has 0 aliphatic heterocycles. The van der Waals surface area contributed by atoms with Gasteiger partial charge in [0, 0.05) is 10.0 Å². The van der Waals surface area contributed by atoms with Gasteiger partial charge in [-0.15, -0.1) is 0 Å². The summed E-state index contributed by atoms with van der Waals surface area (Å²) in [5.41, 5.74) is 11.6. The predicted molar refractivity (Wildman–Crippen MR) is 58.6 cm³/mol. The molecule has 0 radical (unpaired) electrons. The number of amides is 1. The van der Waals surface area contributed by atoms with Crippen molar-refractivity contribution in [1.82, 2.24) is 0 Å². The van der Waals surface area contributed by atoms with Crippen LogP contribution in [0.15, 0.2) is 22.7 Å². The number of primary amides is 1. The average molecular weight is 253 g/mol. The largest absolute Gasteiger partial charge is 0.366 e. The van der Waals surface area contributed by atoms with E-state index in [2.05, 4.69) is 27.8 Å². The molecule has 1 aromatic rings. The van der Waals surface area contributed by atoms with E-state index in [4.69, 9.17) is 11.5 Å². The Morgan fingerprint density at radius 2 is 2.21 bits per heavy atom. The summed E-state index contributed by atoms with van der Waals surface area (Å²) < 4.78 is 0.670. The van der Waals surface area contributed by atoms with E-state index in [1.54, 1.807) is 18.2 Å². The molecule has 0 saturated carbocycles. The fourth-order valence-electron chi connectivity index (χ4n) is 0.945. The van der Waals surface area contributed by atoms with Crippen molar-refractivity contribution in [2.75, 3.05) is 6.54 Å².